The number of allylic oxidation sites excluding steroid dienone is 1. The second-order valence-corrected chi connectivity index (χ2v) is 8.80. The Morgan fingerprint density at radius 1 is 1.30 bits per heavy atom. The molecule has 0 radical (unpaired) electrons. The lowest BCUT2D eigenvalue weighted by Gasteiger charge is -2.24. The first-order chi connectivity index (χ1) is 14.2. The summed E-state index contributed by atoms with van der Waals surface area (Å²) in [4.78, 5) is 20.7. The molecule has 1 aromatic carbocycles. The highest BCUT2D eigenvalue weighted by Gasteiger charge is 2.21. The number of benzene rings is 1. The number of hydrogen-bond donors (Lipinski definition) is 4. The summed E-state index contributed by atoms with van der Waals surface area (Å²) < 4.78 is 0. The lowest BCUT2D eigenvalue weighted by molar-refractivity contribution is 0.680. The van der Waals surface area contributed by atoms with E-state index in [4.69, 9.17) is 11.1 Å². The minimum absolute atomic E-state index is 0.0734. The average Bonchev–Trinajstić information content (AvgIpc) is 2.65. The molecule has 0 aliphatic rings. The molecule has 0 spiro atoms. The maximum absolute atomic E-state index is 12.4. The molecule has 1 unspecified atom stereocenters. The van der Waals surface area contributed by atoms with E-state index in [1.54, 1.807) is 25.6 Å². The van der Waals surface area contributed by atoms with Crippen molar-refractivity contribution in [2.75, 3.05) is 11.1 Å². The van der Waals surface area contributed by atoms with Crippen LogP contribution >= 0.6 is 11.8 Å². The number of anilines is 1. The first kappa shape index (κ1) is 23.7. The van der Waals surface area contributed by atoms with Gasteiger partial charge in [-0.2, -0.15) is 0 Å². The molecule has 7 heteroatoms. The summed E-state index contributed by atoms with van der Waals surface area (Å²) in [7, 11) is 0. The van der Waals surface area contributed by atoms with E-state index in [1.807, 2.05) is 6.92 Å². The van der Waals surface area contributed by atoms with Crippen LogP contribution in [0.1, 0.15) is 56.1 Å². The highest BCUT2D eigenvalue weighted by atomic mass is 32.2. The lowest BCUT2D eigenvalue weighted by atomic mass is 10.00. The zero-order chi connectivity index (χ0) is 22.3. The Kier molecular flexibility index (Phi) is 8.72. The fraction of sp³-hybridized carbons (Fsp3) is 0.435. The van der Waals surface area contributed by atoms with Gasteiger partial charge in [0.25, 0.3) is 5.56 Å². The predicted octanol–water partition coefficient (Wildman–Crippen LogP) is 4.52. The first-order valence-electron chi connectivity index (χ1n) is 10.3. The van der Waals surface area contributed by atoms with Crippen LogP contribution in [0.3, 0.4) is 0 Å². The van der Waals surface area contributed by atoms with Crippen LogP contribution in [0.15, 0.2) is 39.7 Å². The van der Waals surface area contributed by atoms with Gasteiger partial charge < -0.3 is 21.4 Å². The second-order valence-electron chi connectivity index (χ2n) is 7.50. The smallest absolute Gasteiger partial charge is 0.262 e. The molecule has 0 saturated heterocycles. The van der Waals surface area contributed by atoms with Crippen molar-refractivity contribution in [2.45, 2.75) is 59.9 Å². The Hall–Kier alpha value is -2.54. The normalized spacial score (nSPS) is 13.0. The van der Waals surface area contributed by atoms with Crippen molar-refractivity contribution in [3.63, 3.8) is 0 Å². The van der Waals surface area contributed by atoms with Crippen LogP contribution in [0.5, 0.6) is 0 Å². The summed E-state index contributed by atoms with van der Waals surface area (Å²) in [6.07, 6.45) is 2.77. The predicted molar refractivity (Wildman–Crippen MR) is 129 cm³/mol. The van der Waals surface area contributed by atoms with Gasteiger partial charge in [-0.05, 0) is 63.8 Å². The summed E-state index contributed by atoms with van der Waals surface area (Å²) in [5.41, 5.74) is 9.80. The number of nitrogens with two attached hydrogens (primary N) is 1. The van der Waals surface area contributed by atoms with Crippen molar-refractivity contribution in [1.82, 2.24) is 9.97 Å². The summed E-state index contributed by atoms with van der Waals surface area (Å²) in [6.45, 7) is 9.49. The Bertz CT molecular complexity index is 976. The van der Waals surface area contributed by atoms with Gasteiger partial charge >= 0.3 is 0 Å². The Balaban J connectivity index is 2.33. The molecule has 0 saturated carbocycles. The first-order valence-corrected chi connectivity index (χ1v) is 11.3. The van der Waals surface area contributed by atoms with Gasteiger partial charge in [-0.1, -0.05) is 31.2 Å². The topological polar surface area (TPSA) is 108 Å². The fourth-order valence-corrected chi connectivity index (χ4v) is 4.42. The number of aromatic amines is 1. The SMILES string of the molecule is CCSC(=C(C)N)C(CCCc1ccccc1C)Nc1nc(C)[nH]c(=O)c1C(C)=N. The van der Waals surface area contributed by atoms with E-state index in [1.165, 1.54) is 11.1 Å². The van der Waals surface area contributed by atoms with Gasteiger partial charge in [0.1, 0.15) is 17.2 Å². The minimum Gasteiger partial charge on any atom is -0.402 e. The van der Waals surface area contributed by atoms with Crippen LogP contribution in [0.2, 0.25) is 0 Å². The third-order valence-electron chi connectivity index (χ3n) is 4.93. The minimum atomic E-state index is -0.297. The van der Waals surface area contributed by atoms with Crippen molar-refractivity contribution in [3.05, 3.63) is 67.7 Å². The van der Waals surface area contributed by atoms with Crippen LogP contribution < -0.4 is 16.6 Å². The molecule has 0 amide bonds. The summed E-state index contributed by atoms with van der Waals surface area (Å²) in [5.74, 6) is 1.86. The molecule has 30 heavy (non-hydrogen) atoms. The van der Waals surface area contributed by atoms with E-state index in [2.05, 4.69) is 53.4 Å². The number of aromatic nitrogens is 2. The van der Waals surface area contributed by atoms with Crippen molar-refractivity contribution in [1.29, 1.82) is 5.41 Å². The molecule has 1 atom stereocenters. The van der Waals surface area contributed by atoms with Crippen molar-refractivity contribution < 1.29 is 0 Å². The van der Waals surface area contributed by atoms with Crippen molar-refractivity contribution >= 4 is 23.3 Å². The molecule has 2 rings (SSSR count). The highest BCUT2D eigenvalue weighted by Crippen LogP contribution is 2.28. The molecule has 0 fully saturated rings. The second kappa shape index (κ2) is 11.0. The van der Waals surface area contributed by atoms with Gasteiger partial charge in [0.05, 0.1) is 6.04 Å². The molecule has 1 heterocycles. The van der Waals surface area contributed by atoms with Gasteiger partial charge in [0.15, 0.2) is 0 Å². The van der Waals surface area contributed by atoms with Gasteiger partial charge in [0.2, 0.25) is 0 Å². The zero-order valence-electron chi connectivity index (χ0n) is 18.6. The number of aryl methyl sites for hydroxylation is 3. The third kappa shape index (κ3) is 6.23. The number of H-pyrrole nitrogens is 1. The Labute approximate surface area is 183 Å². The standard InChI is InChI=1S/C23H33N5OS/c1-6-30-21(16(4)25)19(13-9-12-18-11-8-7-10-14(18)2)28-22-20(15(3)24)23(29)27-17(5)26-22/h7-8,10-11,19,24H,6,9,12-13,25H2,1-5H3,(H2,26,27,28,29). The highest BCUT2D eigenvalue weighted by molar-refractivity contribution is 8.03. The quantitative estimate of drug-likeness (QED) is 0.417. The Morgan fingerprint density at radius 2 is 2.00 bits per heavy atom. The summed E-state index contributed by atoms with van der Waals surface area (Å²) in [6, 6.07) is 8.36. The van der Waals surface area contributed by atoms with E-state index >= 15 is 0 Å². The average molecular weight is 428 g/mol. The van der Waals surface area contributed by atoms with Crippen LogP contribution in [0, 0.1) is 19.3 Å². The molecule has 0 aliphatic heterocycles. The maximum atomic E-state index is 12.4. The summed E-state index contributed by atoms with van der Waals surface area (Å²) >= 11 is 1.71. The van der Waals surface area contributed by atoms with Crippen molar-refractivity contribution in [3.8, 4) is 0 Å². The molecule has 0 aliphatic carbocycles. The number of thioether (sulfide) groups is 1. The number of nitrogens with one attached hydrogen (secondary N) is 3. The maximum Gasteiger partial charge on any atom is 0.262 e. The Morgan fingerprint density at radius 3 is 2.60 bits per heavy atom. The molecule has 1 aromatic heterocycles. The van der Waals surface area contributed by atoms with Crippen LogP contribution in [0.4, 0.5) is 5.82 Å². The number of nitrogens with zero attached hydrogens (tertiary/aromatic N) is 1. The molecule has 2 aromatic rings. The zero-order valence-corrected chi connectivity index (χ0v) is 19.4. The molecule has 0 bridgehead atoms. The van der Waals surface area contributed by atoms with Gasteiger partial charge in [0, 0.05) is 16.3 Å². The molecular weight excluding hydrogens is 394 g/mol. The molecule has 5 N–H and O–H groups in total. The van der Waals surface area contributed by atoms with Crippen LogP contribution in [-0.2, 0) is 6.42 Å². The van der Waals surface area contributed by atoms with Crippen molar-refractivity contribution in [2.24, 2.45) is 5.73 Å². The monoisotopic (exact) mass is 427 g/mol. The molecule has 6 nitrogen and oxygen atoms in total. The van der Waals surface area contributed by atoms with E-state index in [9.17, 15) is 4.79 Å². The van der Waals surface area contributed by atoms with E-state index in [-0.39, 0.29) is 22.9 Å². The van der Waals surface area contributed by atoms with Crippen LogP contribution in [-0.4, -0.2) is 27.5 Å². The third-order valence-corrected chi connectivity index (χ3v) is 6.14. The lowest BCUT2D eigenvalue weighted by Crippen LogP contribution is -2.29. The van der Waals surface area contributed by atoms with E-state index in [0.717, 1.165) is 35.6 Å². The molecule has 162 valence electrons. The van der Waals surface area contributed by atoms with E-state index in [0.29, 0.717) is 11.6 Å². The number of hydrogen-bond acceptors (Lipinski definition) is 6. The summed E-state index contributed by atoms with van der Waals surface area (Å²) in [5, 5.41) is 11.5. The largest absolute Gasteiger partial charge is 0.402 e. The fourth-order valence-electron chi connectivity index (χ4n) is 3.50. The molecular formula is C23H33N5OS. The van der Waals surface area contributed by atoms with E-state index < -0.39 is 0 Å². The van der Waals surface area contributed by atoms with Gasteiger partial charge in [-0.3, -0.25) is 4.79 Å². The number of rotatable bonds is 10. The van der Waals surface area contributed by atoms with Gasteiger partial charge in [-0.15, -0.1) is 11.8 Å². The van der Waals surface area contributed by atoms with Gasteiger partial charge in [-0.25, -0.2) is 4.98 Å². The van der Waals surface area contributed by atoms with Crippen LogP contribution in [0.25, 0.3) is 0 Å².